The van der Waals surface area contributed by atoms with Crippen molar-refractivity contribution in [2.24, 2.45) is 5.92 Å². The van der Waals surface area contributed by atoms with E-state index < -0.39 is 0 Å². The molecule has 0 spiro atoms. The Morgan fingerprint density at radius 2 is 2.00 bits per heavy atom. The van der Waals surface area contributed by atoms with Crippen LogP contribution in [0.5, 0.6) is 0 Å². The molecule has 0 aromatic rings. The van der Waals surface area contributed by atoms with Crippen LogP contribution >= 0.6 is 0 Å². The smallest absolute Gasteiger partial charge is 0.163 e. The first-order chi connectivity index (χ1) is 4.87. The third-order valence-electron chi connectivity index (χ3n) is 1.51. The Labute approximate surface area is 69.1 Å². The first-order valence-corrected chi connectivity index (χ1v) is 3.83. The van der Waals surface area contributed by atoms with Gasteiger partial charge in [0, 0.05) is 0 Å². The van der Waals surface area contributed by atoms with Crippen LogP contribution < -0.4 is 0 Å². The Morgan fingerprint density at radius 3 is 2.27 bits per heavy atom. The topological polar surface area (TPSA) is 17.1 Å². The highest BCUT2D eigenvalue weighted by Crippen LogP contribution is 2.03. The molecule has 0 N–H and O–H groups in total. The number of nitrogens with zero attached hydrogens (tertiary/aromatic N) is 1. The van der Waals surface area contributed by atoms with E-state index in [1.807, 2.05) is 6.92 Å². The van der Waals surface area contributed by atoms with Gasteiger partial charge in [-0.25, -0.2) is 0 Å². The zero-order valence-electron chi connectivity index (χ0n) is 7.92. The van der Waals surface area contributed by atoms with Gasteiger partial charge in [-0.2, -0.15) is 0 Å². The van der Waals surface area contributed by atoms with E-state index in [0.29, 0.717) is 0 Å². The van der Waals surface area contributed by atoms with Gasteiger partial charge in [0.25, 0.3) is 0 Å². The third-order valence-corrected chi connectivity index (χ3v) is 1.51. The lowest BCUT2D eigenvalue weighted by Crippen LogP contribution is -2.40. The summed E-state index contributed by atoms with van der Waals surface area (Å²) in [4.78, 5) is 11.1. The van der Waals surface area contributed by atoms with Gasteiger partial charge in [-0.15, -0.1) is 0 Å². The van der Waals surface area contributed by atoms with Crippen LogP contribution in [0.4, 0.5) is 0 Å². The number of carbonyl (C=O) groups is 1. The first-order valence-electron chi connectivity index (χ1n) is 3.83. The lowest BCUT2D eigenvalue weighted by atomic mass is 10.1. The number of quaternary nitrogens is 1. The van der Waals surface area contributed by atoms with Crippen LogP contribution in [-0.2, 0) is 4.79 Å². The molecule has 0 heterocycles. The highest BCUT2D eigenvalue weighted by Gasteiger charge is 2.17. The van der Waals surface area contributed by atoms with E-state index in [4.69, 9.17) is 0 Å². The average Bonchev–Trinajstić information content (AvgIpc) is 1.82. The van der Waals surface area contributed by atoms with Crippen LogP contribution in [0.15, 0.2) is 12.7 Å². The summed E-state index contributed by atoms with van der Waals surface area (Å²) in [6.07, 6.45) is 1.40. The van der Waals surface area contributed by atoms with Crippen molar-refractivity contribution < 1.29 is 9.28 Å². The molecule has 11 heavy (non-hydrogen) atoms. The highest BCUT2D eigenvalue weighted by molar-refractivity contribution is 5.90. The number of hydrogen-bond acceptors (Lipinski definition) is 1. The monoisotopic (exact) mass is 156 g/mol. The Bertz CT molecular complexity index is 155. The zero-order chi connectivity index (χ0) is 9.07. The first kappa shape index (κ1) is 10.4. The fourth-order valence-corrected chi connectivity index (χ4v) is 1.11. The van der Waals surface area contributed by atoms with E-state index in [1.165, 1.54) is 6.08 Å². The molecule has 2 nitrogen and oxygen atoms in total. The van der Waals surface area contributed by atoms with Crippen LogP contribution in [0.1, 0.15) is 6.92 Å². The number of hydrogen-bond donors (Lipinski definition) is 0. The molecule has 0 saturated carbocycles. The zero-order valence-corrected chi connectivity index (χ0v) is 7.92. The number of allylic oxidation sites excluding steroid dienone is 1. The predicted octanol–water partition coefficient (Wildman–Crippen LogP) is 1.08. The second-order valence-electron chi connectivity index (χ2n) is 3.98. The van der Waals surface area contributed by atoms with Crippen LogP contribution in [-0.4, -0.2) is 38.0 Å². The van der Waals surface area contributed by atoms with Crippen molar-refractivity contribution in [3.63, 3.8) is 0 Å². The molecular formula is C9H18NO+. The van der Waals surface area contributed by atoms with Crippen LogP contribution in [0.25, 0.3) is 0 Å². The third kappa shape index (κ3) is 4.73. The van der Waals surface area contributed by atoms with Gasteiger partial charge in [0.1, 0.15) is 0 Å². The minimum atomic E-state index is 0.0903. The summed E-state index contributed by atoms with van der Waals surface area (Å²) < 4.78 is 0.820. The Balaban J connectivity index is 3.97. The molecule has 1 unspecified atom stereocenters. The average molecular weight is 156 g/mol. The SMILES string of the molecule is C=CC(=O)C(C)C[N+](C)(C)C. The van der Waals surface area contributed by atoms with Gasteiger partial charge in [-0.05, 0) is 13.0 Å². The van der Waals surface area contributed by atoms with Crippen LogP contribution in [0.3, 0.4) is 0 Å². The van der Waals surface area contributed by atoms with Crippen molar-refractivity contribution in [2.45, 2.75) is 6.92 Å². The molecule has 0 radical (unpaired) electrons. The maximum Gasteiger partial charge on any atom is 0.163 e. The minimum absolute atomic E-state index is 0.0903. The number of rotatable bonds is 4. The van der Waals surface area contributed by atoms with Gasteiger partial charge in [0.05, 0.1) is 33.6 Å². The summed E-state index contributed by atoms with van der Waals surface area (Å²) in [5.41, 5.74) is 0. The molecule has 1 atom stereocenters. The predicted molar refractivity (Wildman–Crippen MR) is 47.3 cm³/mol. The lowest BCUT2D eigenvalue weighted by Gasteiger charge is -2.26. The molecule has 0 amide bonds. The van der Waals surface area contributed by atoms with Crippen molar-refractivity contribution in [1.82, 2.24) is 0 Å². The standard InChI is InChI=1S/C9H18NO/c1-6-9(11)8(2)7-10(3,4)5/h6,8H,1,7H2,2-5H3/q+1. The molecule has 0 aromatic heterocycles. The van der Waals surface area contributed by atoms with Crippen molar-refractivity contribution in [3.8, 4) is 0 Å². The maximum absolute atomic E-state index is 11.1. The molecule has 0 aromatic carbocycles. The molecule has 0 aliphatic heterocycles. The molecule has 0 saturated heterocycles. The minimum Gasteiger partial charge on any atom is -0.330 e. The van der Waals surface area contributed by atoms with Gasteiger partial charge in [0.2, 0.25) is 0 Å². The second-order valence-corrected chi connectivity index (χ2v) is 3.98. The summed E-state index contributed by atoms with van der Waals surface area (Å²) in [6, 6.07) is 0. The van der Waals surface area contributed by atoms with Gasteiger partial charge in [-0.1, -0.05) is 6.58 Å². The van der Waals surface area contributed by atoms with Gasteiger partial charge in [-0.3, -0.25) is 4.79 Å². The molecule has 0 rings (SSSR count). The van der Waals surface area contributed by atoms with Gasteiger partial charge < -0.3 is 4.48 Å². The van der Waals surface area contributed by atoms with Gasteiger partial charge in [0.15, 0.2) is 5.78 Å². The normalized spacial score (nSPS) is 14.2. The Morgan fingerprint density at radius 1 is 1.55 bits per heavy atom. The van der Waals surface area contributed by atoms with Crippen molar-refractivity contribution in [1.29, 1.82) is 0 Å². The fourth-order valence-electron chi connectivity index (χ4n) is 1.11. The molecular weight excluding hydrogens is 138 g/mol. The van der Waals surface area contributed by atoms with E-state index in [1.54, 1.807) is 0 Å². The molecule has 0 aliphatic rings. The van der Waals surface area contributed by atoms with Crippen LogP contribution in [0, 0.1) is 5.92 Å². The van der Waals surface area contributed by atoms with E-state index in [-0.39, 0.29) is 11.7 Å². The van der Waals surface area contributed by atoms with Crippen molar-refractivity contribution >= 4 is 5.78 Å². The summed E-state index contributed by atoms with van der Waals surface area (Å²) in [5, 5.41) is 0. The molecule has 0 bridgehead atoms. The summed E-state index contributed by atoms with van der Waals surface area (Å²) in [7, 11) is 6.23. The lowest BCUT2D eigenvalue weighted by molar-refractivity contribution is -0.872. The second kappa shape index (κ2) is 3.67. The molecule has 0 aliphatic carbocycles. The number of ketones is 1. The van der Waals surface area contributed by atoms with E-state index in [0.717, 1.165) is 11.0 Å². The summed E-state index contributed by atoms with van der Waals surface area (Å²) >= 11 is 0. The molecule has 64 valence electrons. The van der Waals surface area contributed by atoms with Crippen molar-refractivity contribution in [2.75, 3.05) is 27.7 Å². The number of carbonyl (C=O) groups excluding carboxylic acids is 1. The Kier molecular flexibility index (Phi) is 3.46. The molecule has 0 fully saturated rings. The maximum atomic E-state index is 11.1. The largest absolute Gasteiger partial charge is 0.330 e. The van der Waals surface area contributed by atoms with Gasteiger partial charge >= 0.3 is 0 Å². The van der Waals surface area contributed by atoms with E-state index >= 15 is 0 Å². The van der Waals surface area contributed by atoms with Crippen LogP contribution in [0.2, 0.25) is 0 Å². The quantitative estimate of drug-likeness (QED) is 0.440. The fraction of sp³-hybridized carbons (Fsp3) is 0.667. The van der Waals surface area contributed by atoms with E-state index in [9.17, 15) is 4.79 Å². The molecule has 2 heteroatoms. The highest BCUT2D eigenvalue weighted by atomic mass is 16.1. The van der Waals surface area contributed by atoms with E-state index in [2.05, 4.69) is 27.7 Å². The Hall–Kier alpha value is -0.630. The summed E-state index contributed by atoms with van der Waals surface area (Å²) in [6.45, 7) is 6.26. The van der Waals surface area contributed by atoms with Crippen molar-refractivity contribution in [3.05, 3.63) is 12.7 Å². The summed E-state index contributed by atoms with van der Waals surface area (Å²) in [5.74, 6) is 0.227.